The van der Waals surface area contributed by atoms with Crippen LogP contribution >= 0.6 is 0 Å². The minimum absolute atomic E-state index is 0.00872. The van der Waals surface area contributed by atoms with Crippen molar-refractivity contribution in [3.63, 3.8) is 0 Å². The van der Waals surface area contributed by atoms with Gasteiger partial charge in [-0.2, -0.15) is 9.13 Å². The highest BCUT2D eigenvalue weighted by Crippen LogP contribution is 2.57. The topological polar surface area (TPSA) is 7.76 Å². The second-order valence-electron chi connectivity index (χ2n) is 17.6. The first kappa shape index (κ1) is 32.6. The standard InChI is InChI=1S/C50H56N2/c1-5-49(4)46-32-44-37-20-18-36(19-21-37)43(44)31-45(46)48-30-39(38-22-23-41-34-14-16-35(17-15-34)42(41)29-38)24-27-52(48)50(49,6-2)25-28-51-26-10-9-13-47(51)40-12-8-7-11-33(40)3/h7-13,22-24,26-27,29-32,34-37H,5-6,14-21,25,28H2,1-4H3/q+2. The van der Waals surface area contributed by atoms with Crippen molar-refractivity contribution in [2.75, 3.05) is 0 Å². The van der Waals surface area contributed by atoms with E-state index in [0.717, 1.165) is 49.5 Å². The predicted molar refractivity (Wildman–Crippen MR) is 213 cm³/mol. The third-order valence-corrected chi connectivity index (χ3v) is 15.6. The van der Waals surface area contributed by atoms with E-state index in [4.69, 9.17) is 0 Å². The summed E-state index contributed by atoms with van der Waals surface area (Å²) in [6, 6.07) is 33.7. The number of nitrogens with zero attached hydrogens (tertiary/aromatic N) is 2. The van der Waals surface area contributed by atoms with Crippen LogP contribution in [0.3, 0.4) is 0 Å². The van der Waals surface area contributed by atoms with Gasteiger partial charge in [0.25, 0.3) is 0 Å². The van der Waals surface area contributed by atoms with Crippen LogP contribution in [0.25, 0.3) is 33.6 Å². The van der Waals surface area contributed by atoms with Crippen molar-refractivity contribution in [2.24, 2.45) is 0 Å². The Labute approximate surface area is 312 Å². The molecule has 2 heteroatoms. The first-order chi connectivity index (χ1) is 25.4. The van der Waals surface area contributed by atoms with Gasteiger partial charge in [0.2, 0.25) is 11.4 Å². The van der Waals surface area contributed by atoms with E-state index in [-0.39, 0.29) is 11.0 Å². The number of benzene rings is 3. The molecule has 0 N–H and O–H groups in total. The Morgan fingerprint density at radius 2 is 1.21 bits per heavy atom. The van der Waals surface area contributed by atoms with Gasteiger partial charge in [-0.05, 0) is 158 Å². The van der Waals surface area contributed by atoms with Crippen LogP contribution < -0.4 is 9.13 Å². The maximum Gasteiger partial charge on any atom is 0.213 e. The molecule has 0 saturated heterocycles. The molecule has 12 rings (SSSR count). The zero-order valence-corrected chi connectivity index (χ0v) is 31.9. The number of hydrogen-bond donors (Lipinski definition) is 0. The van der Waals surface area contributed by atoms with Gasteiger partial charge in [0, 0.05) is 36.2 Å². The normalized spacial score (nSPS) is 27.8. The largest absolute Gasteiger partial charge is 0.213 e. The summed E-state index contributed by atoms with van der Waals surface area (Å²) >= 11 is 0. The maximum atomic E-state index is 2.78. The van der Waals surface area contributed by atoms with Gasteiger partial charge in [-0.3, -0.25) is 0 Å². The summed E-state index contributed by atoms with van der Waals surface area (Å²) in [7, 11) is 0. The SMILES string of the molecule is CCC1(C)c2cc3c(cc2-c2cc(-c4ccc5c(c4)C4CCC5CC4)cc[n+]2C1(CC)CC[n+]1ccccc1-c1ccccc1C)C1CCC3CC1. The van der Waals surface area contributed by atoms with Crippen LogP contribution in [0.1, 0.15) is 148 Å². The Balaban J connectivity index is 1.14. The molecule has 3 heterocycles. The number of hydrogen-bond acceptors (Lipinski definition) is 0. The van der Waals surface area contributed by atoms with Gasteiger partial charge in [-0.25, -0.2) is 0 Å². The molecule has 0 amide bonds. The molecule has 52 heavy (non-hydrogen) atoms. The summed E-state index contributed by atoms with van der Waals surface area (Å²) in [6.45, 7) is 10.8. The highest BCUT2D eigenvalue weighted by atomic mass is 15.1. The predicted octanol–water partition coefficient (Wildman–Crippen LogP) is 12.0. The summed E-state index contributed by atoms with van der Waals surface area (Å²) in [5.41, 5.74) is 17.9. The molecule has 7 aliphatic rings. The molecule has 2 nitrogen and oxygen atoms in total. The molecule has 2 atom stereocenters. The van der Waals surface area contributed by atoms with E-state index in [0.29, 0.717) is 0 Å². The minimum Gasteiger partial charge on any atom is -0.198 e. The second-order valence-corrected chi connectivity index (χ2v) is 17.6. The van der Waals surface area contributed by atoms with E-state index in [1.807, 2.05) is 0 Å². The van der Waals surface area contributed by atoms with Crippen LogP contribution in [0, 0.1) is 6.92 Å². The van der Waals surface area contributed by atoms with Crippen LogP contribution in [-0.2, 0) is 17.5 Å². The molecule has 4 bridgehead atoms. The molecule has 1 aliphatic heterocycles. The average Bonchev–Trinajstić information content (AvgIpc) is 3.21. The van der Waals surface area contributed by atoms with Crippen molar-refractivity contribution in [1.29, 1.82) is 0 Å². The molecule has 0 radical (unpaired) electrons. The van der Waals surface area contributed by atoms with Crippen molar-refractivity contribution < 1.29 is 9.13 Å². The molecule has 2 saturated carbocycles. The van der Waals surface area contributed by atoms with Crippen LogP contribution in [0.4, 0.5) is 0 Å². The fourth-order valence-corrected chi connectivity index (χ4v) is 12.4. The lowest BCUT2D eigenvalue weighted by molar-refractivity contribution is -0.782. The van der Waals surface area contributed by atoms with E-state index in [9.17, 15) is 0 Å². The minimum atomic E-state index is -0.0780. The molecular formula is C50H56N2+2. The van der Waals surface area contributed by atoms with Gasteiger partial charge in [0.05, 0.1) is 17.4 Å². The molecule has 2 aromatic heterocycles. The summed E-state index contributed by atoms with van der Waals surface area (Å²) in [5, 5.41) is 0. The lowest BCUT2D eigenvalue weighted by Crippen LogP contribution is -2.70. The van der Waals surface area contributed by atoms with Gasteiger partial charge in [-0.1, -0.05) is 56.3 Å². The van der Waals surface area contributed by atoms with Gasteiger partial charge in [0.1, 0.15) is 0 Å². The lowest BCUT2D eigenvalue weighted by Gasteiger charge is -2.49. The quantitative estimate of drug-likeness (QED) is 0.151. The molecular weight excluding hydrogens is 629 g/mol. The maximum absolute atomic E-state index is 2.78. The van der Waals surface area contributed by atoms with E-state index in [1.54, 1.807) is 27.8 Å². The average molecular weight is 685 g/mol. The van der Waals surface area contributed by atoms with Gasteiger partial charge < -0.3 is 0 Å². The molecule has 6 aliphatic carbocycles. The van der Waals surface area contributed by atoms with E-state index < -0.39 is 0 Å². The van der Waals surface area contributed by atoms with Crippen LogP contribution in [0.5, 0.6) is 0 Å². The summed E-state index contributed by atoms with van der Waals surface area (Å²) in [4.78, 5) is 0. The van der Waals surface area contributed by atoms with Crippen LogP contribution in [0.2, 0.25) is 0 Å². The van der Waals surface area contributed by atoms with Crippen molar-refractivity contribution in [1.82, 2.24) is 0 Å². The highest BCUT2D eigenvalue weighted by Gasteiger charge is 2.60. The van der Waals surface area contributed by atoms with Crippen molar-refractivity contribution >= 4 is 0 Å². The van der Waals surface area contributed by atoms with E-state index >= 15 is 0 Å². The Bertz CT molecular complexity index is 2190. The molecule has 2 fully saturated rings. The van der Waals surface area contributed by atoms with Crippen molar-refractivity contribution in [3.05, 3.63) is 131 Å². The zero-order valence-electron chi connectivity index (χ0n) is 31.9. The lowest BCUT2D eigenvalue weighted by atomic mass is 9.56. The third kappa shape index (κ3) is 4.68. The molecule has 3 aromatic carbocycles. The summed E-state index contributed by atoms with van der Waals surface area (Å²) < 4.78 is 5.32. The Morgan fingerprint density at radius 3 is 1.90 bits per heavy atom. The van der Waals surface area contributed by atoms with E-state index in [2.05, 4.69) is 134 Å². The summed E-state index contributed by atoms with van der Waals surface area (Å²) in [6.07, 6.45) is 19.1. The fourth-order valence-electron chi connectivity index (χ4n) is 12.4. The monoisotopic (exact) mass is 684 g/mol. The molecule has 5 aromatic rings. The number of aryl methyl sites for hydroxylation is 2. The van der Waals surface area contributed by atoms with Crippen molar-refractivity contribution in [2.45, 2.75) is 139 Å². The van der Waals surface area contributed by atoms with Gasteiger partial charge in [-0.15, -0.1) is 0 Å². The number of fused-ring (bicyclic) bond motifs is 7. The van der Waals surface area contributed by atoms with Crippen LogP contribution in [0.15, 0.2) is 97.3 Å². The Hall–Kier alpha value is -4.04. The number of aromatic nitrogens is 2. The Morgan fingerprint density at radius 1 is 0.577 bits per heavy atom. The smallest absolute Gasteiger partial charge is 0.198 e. The third-order valence-electron chi connectivity index (χ3n) is 15.6. The Kier molecular flexibility index (Phi) is 7.68. The van der Waals surface area contributed by atoms with E-state index in [1.165, 1.54) is 90.6 Å². The first-order valence-electron chi connectivity index (χ1n) is 20.9. The zero-order chi connectivity index (χ0) is 35.2. The van der Waals surface area contributed by atoms with Gasteiger partial charge >= 0.3 is 0 Å². The number of rotatable bonds is 7. The molecule has 0 spiro atoms. The summed E-state index contributed by atoms with van der Waals surface area (Å²) in [5.74, 6) is 3.02. The van der Waals surface area contributed by atoms with Gasteiger partial charge in [0.15, 0.2) is 24.5 Å². The molecule has 264 valence electrons. The van der Waals surface area contributed by atoms with Crippen LogP contribution in [-0.4, -0.2) is 0 Å². The van der Waals surface area contributed by atoms with Crippen molar-refractivity contribution in [3.8, 4) is 33.6 Å². The highest BCUT2D eigenvalue weighted by molar-refractivity contribution is 5.74. The molecule has 2 unspecified atom stereocenters. The second kappa shape index (κ2) is 12.3. The fraction of sp³-hybridized carbons (Fsp3) is 0.440. The number of pyridine rings is 2. The first-order valence-corrected chi connectivity index (χ1v) is 20.9.